The predicted octanol–water partition coefficient (Wildman–Crippen LogP) is 0.559. The zero-order valence-electron chi connectivity index (χ0n) is 6.26. The van der Waals surface area contributed by atoms with Crippen molar-refractivity contribution in [1.82, 2.24) is 4.57 Å². The van der Waals surface area contributed by atoms with E-state index in [0.29, 0.717) is 0 Å². The highest BCUT2D eigenvalue weighted by molar-refractivity contribution is 5.43. The van der Waals surface area contributed by atoms with E-state index in [-0.39, 0.29) is 6.61 Å². The number of nitrogens with zero attached hydrogens (tertiary/aromatic N) is 1. The summed E-state index contributed by atoms with van der Waals surface area (Å²) in [6.45, 7) is 0.0954. The van der Waals surface area contributed by atoms with Gasteiger partial charge in [0.1, 0.15) is 0 Å². The molecular weight excluding hydrogens is 128 g/mol. The molecule has 3 heteroatoms. The number of aryl methyl sites for hydroxylation is 1. The van der Waals surface area contributed by atoms with E-state index >= 15 is 0 Å². The lowest BCUT2D eigenvalue weighted by Crippen LogP contribution is -1.92. The molecule has 0 aliphatic rings. The van der Waals surface area contributed by atoms with Crippen molar-refractivity contribution in [3.63, 3.8) is 0 Å². The topological polar surface area (TPSA) is 37.2 Å². The molecule has 0 aromatic carbocycles. The van der Waals surface area contributed by atoms with Crippen molar-refractivity contribution < 1.29 is 5.11 Å². The molecule has 0 amide bonds. The molecular formula is C7H12N2O. The standard InChI is InChI=1S/C7H12N2O/c1-8-6-3-7(5-10)9(2)4-6/h3-4,8,10H,5H2,1-2H3. The van der Waals surface area contributed by atoms with Crippen molar-refractivity contribution in [2.24, 2.45) is 7.05 Å². The third-order valence-electron chi connectivity index (χ3n) is 1.56. The highest BCUT2D eigenvalue weighted by Gasteiger charge is 1.97. The van der Waals surface area contributed by atoms with Crippen LogP contribution < -0.4 is 5.32 Å². The zero-order chi connectivity index (χ0) is 7.56. The third kappa shape index (κ3) is 1.14. The number of hydrogen-bond acceptors (Lipinski definition) is 2. The van der Waals surface area contributed by atoms with Crippen LogP contribution >= 0.6 is 0 Å². The number of aromatic nitrogens is 1. The molecule has 1 aromatic rings. The summed E-state index contributed by atoms with van der Waals surface area (Å²) in [5, 5.41) is 11.8. The Labute approximate surface area is 60.3 Å². The van der Waals surface area contributed by atoms with E-state index in [1.165, 1.54) is 0 Å². The first-order valence-corrected chi connectivity index (χ1v) is 3.21. The van der Waals surface area contributed by atoms with Crippen LogP contribution in [0.1, 0.15) is 5.69 Å². The Kier molecular flexibility index (Phi) is 1.97. The second kappa shape index (κ2) is 2.75. The molecule has 0 aliphatic carbocycles. The first kappa shape index (κ1) is 7.15. The van der Waals surface area contributed by atoms with Crippen LogP contribution in [0.2, 0.25) is 0 Å². The van der Waals surface area contributed by atoms with Gasteiger partial charge in [0.25, 0.3) is 0 Å². The Bertz CT molecular complexity index is 217. The number of aliphatic hydroxyl groups is 1. The van der Waals surface area contributed by atoms with Gasteiger partial charge >= 0.3 is 0 Å². The van der Waals surface area contributed by atoms with Gasteiger partial charge in [-0.1, -0.05) is 0 Å². The maximum atomic E-state index is 8.78. The van der Waals surface area contributed by atoms with Crippen LogP contribution in [0.15, 0.2) is 12.3 Å². The molecule has 0 saturated heterocycles. The molecule has 10 heavy (non-hydrogen) atoms. The van der Waals surface area contributed by atoms with Gasteiger partial charge in [0, 0.05) is 26.0 Å². The second-order valence-corrected chi connectivity index (χ2v) is 2.24. The minimum Gasteiger partial charge on any atom is -0.390 e. The Morgan fingerprint density at radius 3 is 2.70 bits per heavy atom. The van der Waals surface area contributed by atoms with Crippen LogP contribution in [0.4, 0.5) is 5.69 Å². The molecule has 56 valence electrons. The van der Waals surface area contributed by atoms with Gasteiger partial charge in [0.2, 0.25) is 0 Å². The van der Waals surface area contributed by atoms with E-state index in [9.17, 15) is 0 Å². The van der Waals surface area contributed by atoms with Crippen molar-refractivity contribution in [3.05, 3.63) is 18.0 Å². The van der Waals surface area contributed by atoms with Crippen LogP contribution in [0.3, 0.4) is 0 Å². The number of nitrogens with one attached hydrogen (secondary N) is 1. The Hall–Kier alpha value is -0.960. The lowest BCUT2D eigenvalue weighted by Gasteiger charge is -1.94. The molecule has 0 spiro atoms. The van der Waals surface area contributed by atoms with Crippen molar-refractivity contribution >= 4 is 5.69 Å². The monoisotopic (exact) mass is 140 g/mol. The normalized spacial score (nSPS) is 9.90. The van der Waals surface area contributed by atoms with Gasteiger partial charge in [-0.2, -0.15) is 0 Å². The van der Waals surface area contributed by atoms with E-state index < -0.39 is 0 Å². The highest BCUT2D eigenvalue weighted by atomic mass is 16.3. The van der Waals surface area contributed by atoms with Crippen LogP contribution in [0, 0.1) is 0 Å². The average Bonchev–Trinajstić information content (AvgIpc) is 2.30. The fourth-order valence-electron chi connectivity index (χ4n) is 0.904. The van der Waals surface area contributed by atoms with Crippen LogP contribution in [-0.2, 0) is 13.7 Å². The van der Waals surface area contributed by atoms with Crippen molar-refractivity contribution in [2.75, 3.05) is 12.4 Å². The molecule has 3 nitrogen and oxygen atoms in total. The molecule has 1 heterocycles. The molecule has 0 unspecified atom stereocenters. The van der Waals surface area contributed by atoms with E-state index in [0.717, 1.165) is 11.4 Å². The summed E-state index contributed by atoms with van der Waals surface area (Å²) in [7, 11) is 3.77. The number of hydrogen-bond donors (Lipinski definition) is 2. The SMILES string of the molecule is CNc1cc(CO)n(C)c1. The maximum absolute atomic E-state index is 8.78. The molecule has 0 fully saturated rings. The minimum absolute atomic E-state index is 0.0954. The molecule has 2 N–H and O–H groups in total. The van der Waals surface area contributed by atoms with Crippen LogP contribution in [0.5, 0.6) is 0 Å². The predicted molar refractivity (Wildman–Crippen MR) is 40.9 cm³/mol. The number of aliphatic hydroxyl groups excluding tert-OH is 1. The van der Waals surface area contributed by atoms with Crippen molar-refractivity contribution in [3.8, 4) is 0 Å². The summed E-state index contributed by atoms with van der Waals surface area (Å²) in [5.41, 5.74) is 1.95. The molecule has 0 bridgehead atoms. The number of rotatable bonds is 2. The van der Waals surface area contributed by atoms with Crippen LogP contribution in [0.25, 0.3) is 0 Å². The van der Waals surface area contributed by atoms with E-state index in [2.05, 4.69) is 5.32 Å². The van der Waals surface area contributed by atoms with Gasteiger partial charge in [-0.15, -0.1) is 0 Å². The lowest BCUT2D eigenvalue weighted by atomic mass is 10.4. The first-order valence-electron chi connectivity index (χ1n) is 3.21. The lowest BCUT2D eigenvalue weighted by molar-refractivity contribution is 0.273. The molecule has 1 rings (SSSR count). The van der Waals surface area contributed by atoms with Gasteiger partial charge < -0.3 is 15.0 Å². The van der Waals surface area contributed by atoms with Crippen molar-refractivity contribution in [1.29, 1.82) is 0 Å². The summed E-state index contributed by atoms with van der Waals surface area (Å²) in [6.07, 6.45) is 1.94. The Morgan fingerprint density at radius 1 is 1.70 bits per heavy atom. The Balaban J connectivity index is 2.92. The first-order chi connectivity index (χ1) is 4.77. The molecule has 0 saturated carbocycles. The highest BCUT2D eigenvalue weighted by Crippen LogP contribution is 2.10. The van der Waals surface area contributed by atoms with E-state index in [1.807, 2.05) is 30.9 Å². The summed E-state index contributed by atoms with van der Waals surface area (Å²) in [6, 6.07) is 1.92. The fraction of sp³-hybridized carbons (Fsp3) is 0.429. The van der Waals surface area contributed by atoms with E-state index in [4.69, 9.17) is 5.11 Å². The molecule has 0 aliphatic heterocycles. The average molecular weight is 140 g/mol. The summed E-state index contributed by atoms with van der Waals surface area (Å²) >= 11 is 0. The maximum Gasteiger partial charge on any atom is 0.0833 e. The quantitative estimate of drug-likeness (QED) is 0.629. The van der Waals surface area contributed by atoms with Gasteiger partial charge in [0.15, 0.2) is 0 Å². The van der Waals surface area contributed by atoms with Crippen LogP contribution in [-0.4, -0.2) is 16.7 Å². The third-order valence-corrected chi connectivity index (χ3v) is 1.56. The van der Waals surface area contributed by atoms with Gasteiger partial charge in [-0.05, 0) is 6.07 Å². The number of anilines is 1. The van der Waals surface area contributed by atoms with Gasteiger partial charge in [-0.3, -0.25) is 0 Å². The second-order valence-electron chi connectivity index (χ2n) is 2.24. The fourth-order valence-corrected chi connectivity index (χ4v) is 0.904. The van der Waals surface area contributed by atoms with Gasteiger partial charge in [-0.25, -0.2) is 0 Å². The zero-order valence-corrected chi connectivity index (χ0v) is 6.26. The molecule has 1 aromatic heterocycles. The smallest absolute Gasteiger partial charge is 0.0833 e. The largest absolute Gasteiger partial charge is 0.390 e. The summed E-state index contributed by atoms with van der Waals surface area (Å²) in [4.78, 5) is 0. The summed E-state index contributed by atoms with van der Waals surface area (Å²) < 4.78 is 1.89. The van der Waals surface area contributed by atoms with E-state index in [1.54, 1.807) is 0 Å². The van der Waals surface area contributed by atoms with Crippen molar-refractivity contribution in [2.45, 2.75) is 6.61 Å². The Morgan fingerprint density at radius 2 is 2.40 bits per heavy atom. The molecule has 0 atom stereocenters. The summed E-state index contributed by atoms with van der Waals surface area (Å²) in [5.74, 6) is 0. The minimum atomic E-state index is 0.0954. The van der Waals surface area contributed by atoms with Gasteiger partial charge in [0.05, 0.1) is 12.3 Å². The molecule has 0 radical (unpaired) electrons.